The van der Waals surface area contributed by atoms with Gasteiger partial charge in [-0.05, 0) is 24.8 Å². The van der Waals surface area contributed by atoms with Crippen molar-refractivity contribution in [3.8, 4) is 11.5 Å². The minimum atomic E-state index is -1.45. The van der Waals surface area contributed by atoms with Gasteiger partial charge in [0, 0.05) is 6.07 Å². The third-order valence-electron chi connectivity index (χ3n) is 3.53. The van der Waals surface area contributed by atoms with Gasteiger partial charge in [0.1, 0.15) is 6.61 Å². The van der Waals surface area contributed by atoms with Gasteiger partial charge in [-0.15, -0.1) is 0 Å². The summed E-state index contributed by atoms with van der Waals surface area (Å²) >= 11 is 0. The predicted molar refractivity (Wildman–Crippen MR) is 72.4 cm³/mol. The normalized spacial score (nSPS) is 16.9. The monoisotopic (exact) mass is 296 g/mol. The Morgan fingerprint density at radius 1 is 1.52 bits per heavy atom. The predicted octanol–water partition coefficient (Wildman–Crippen LogP) is 1.17. The molecule has 1 aliphatic rings. The van der Waals surface area contributed by atoms with Crippen LogP contribution < -0.4 is 15.2 Å². The summed E-state index contributed by atoms with van der Waals surface area (Å²) in [7, 11) is 1.35. The smallest absolute Gasteiger partial charge is 0.327 e. The third-order valence-corrected chi connectivity index (χ3v) is 3.53. The van der Waals surface area contributed by atoms with E-state index in [4.69, 9.17) is 15.2 Å². The maximum Gasteiger partial charge on any atom is 0.327 e. The molecule has 8 nitrogen and oxygen atoms in total. The number of carbonyl (C=O) groups is 1. The summed E-state index contributed by atoms with van der Waals surface area (Å²) in [6.07, 6.45) is 1.51. The quantitative estimate of drug-likeness (QED) is 0.571. The van der Waals surface area contributed by atoms with Crippen LogP contribution in [-0.2, 0) is 4.79 Å². The molecule has 1 atom stereocenters. The van der Waals surface area contributed by atoms with Gasteiger partial charge in [0.25, 0.3) is 5.69 Å². The first-order valence-electron chi connectivity index (χ1n) is 6.36. The van der Waals surface area contributed by atoms with E-state index in [2.05, 4.69) is 0 Å². The van der Waals surface area contributed by atoms with E-state index in [1.165, 1.54) is 25.3 Å². The summed E-state index contributed by atoms with van der Waals surface area (Å²) in [5.74, 6) is -0.850. The molecule has 0 amide bonds. The van der Waals surface area contributed by atoms with Gasteiger partial charge in [-0.2, -0.15) is 0 Å². The van der Waals surface area contributed by atoms with Gasteiger partial charge in [0.05, 0.1) is 18.1 Å². The van der Waals surface area contributed by atoms with E-state index >= 15 is 0 Å². The lowest BCUT2D eigenvalue weighted by molar-refractivity contribution is -0.385. The van der Waals surface area contributed by atoms with Crippen molar-refractivity contribution < 1.29 is 24.3 Å². The summed E-state index contributed by atoms with van der Waals surface area (Å²) in [4.78, 5) is 21.4. The van der Waals surface area contributed by atoms with E-state index in [-0.39, 0.29) is 29.7 Å². The number of methoxy groups -OCH3 is 1. The second-order valence-electron chi connectivity index (χ2n) is 5.00. The third kappa shape index (κ3) is 3.05. The Hall–Kier alpha value is -2.35. The van der Waals surface area contributed by atoms with Crippen LogP contribution in [0.5, 0.6) is 11.5 Å². The van der Waals surface area contributed by atoms with Gasteiger partial charge >= 0.3 is 5.97 Å². The summed E-state index contributed by atoms with van der Waals surface area (Å²) in [5.41, 5.74) is 4.30. The highest BCUT2D eigenvalue weighted by molar-refractivity contribution is 5.79. The number of hydrogen-bond donors (Lipinski definition) is 2. The van der Waals surface area contributed by atoms with E-state index in [1.54, 1.807) is 0 Å². The van der Waals surface area contributed by atoms with E-state index in [9.17, 15) is 20.0 Å². The molecular formula is C13H16N2O6. The Morgan fingerprint density at radius 2 is 2.19 bits per heavy atom. The molecular weight excluding hydrogens is 280 g/mol. The molecule has 0 radical (unpaired) electrons. The molecule has 0 bridgehead atoms. The van der Waals surface area contributed by atoms with Crippen LogP contribution in [0.1, 0.15) is 12.8 Å². The van der Waals surface area contributed by atoms with Crippen molar-refractivity contribution in [1.29, 1.82) is 0 Å². The minimum Gasteiger partial charge on any atom is -0.493 e. The highest BCUT2D eigenvalue weighted by Gasteiger charge is 2.49. The average Bonchev–Trinajstić information content (AvgIpc) is 3.29. The van der Waals surface area contributed by atoms with Crippen molar-refractivity contribution >= 4 is 11.7 Å². The number of rotatable bonds is 7. The van der Waals surface area contributed by atoms with Crippen molar-refractivity contribution in [2.45, 2.75) is 18.4 Å². The number of nitro groups is 1. The molecule has 8 heteroatoms. The highest BCUT2D eigenvalue weighted by Crippen LogP contribution is 2.39. The van der Waals surface area contributed by atoms with Crippen molar-refractivity contribution in [3.63, 3.8) is 0 Å². The number of nitrogens with two attached hydrogens (primary N) is 1. The molecule has 0 aliphatic heterocycles. The number of benzene rings is 1. The summed E-state index contributed by atoms with van der Waals surface area (Å²) in [6, 6.07) is 3.84. The molecule has 114 valence electrons. The van der Waals surface area contributed by atoms with E-state index < -0.39 is 16.4 Å². The molecule has 0 spiro atoms. The fourth-order valence-electron chi connectivity index (χ4n) is 2.04. The van der Waals surface area contributed by atoms with E-state index in [0.29, 0.717) is 0 Å². The first-order valence-corrected chi connectivity index (χ1v) is 6.36. The molecule has 1 aromatic rings. The van der Waals surface area contributed by atoms with Gasteiger partial charge in [-0.25, -0.2) is 0 Å². The SMILES string of the molecule is COc1cc([N+](=O)[O-])ccc1OCC(N)(C(=O)O)C1CC1. The highest BCUT2D eigenvalue weighted by atomic mass is 16.6. The Bertz CT molecular complexity index is 572. The van der Waals surface area contributed by atoms with Gasteiger partial charge in [0.2, 0.25) is 0 Å². The number of non-ortho nitro benzene ring substituents is 1. The second kappa shape index (κ2) is 5.57. The van der Waals surface area contributed by atoms with Crippen LogP contribution in [0, 0.1) is 16.0 Å². The van der Waals surface area contributed by atoms with Crippen LogP contribution in [-0.4, -0.2) is 35.3 Å². The number of aliphatic carboxylic acids is 1. The summed E-state index contributed by atoms with van der Waals surface area (Å²) in [6.45, 7) is -0.221. The van der Waals surface area contributed by atoms with Gasteiger partial charge < -0.3 is 20.3 Å². The lowest BCUT2D eigenvalue weighted by Gasteiger charge is -2.24. The van der Waals surface area contributed by atoms with E-state index in [0.717, 1.165) is 12.8 Å². The largest absolute Gasteiger partial charge is 0.493 e. The molecule has 0 aromatic heterocycles. The number of nitrogens with zero attached hydrogens (tertiary/aromatic N) is 1. The zero-order valence-corrected chi connectivity index (χ0v) is 11.4. The number of hydrogen-bond acceptors (Lipinski definition) is 6. The van der Waals surface area contributed by atoms with Crippen molar-refractivity contribution in [2.75, 3.05) is 13.7 Å². The van der Waals surface area contributed by atoms with Gasteiger partial charge in [-0.1, -0.05) is 0 Å². The molecule has 1 saturated carbocycles. The van der Waals surface area contributed by atoms with Crippen LogP contribution in [0.4, 0.5) is 5.69 Å². The topological polar surface area (TPSA) is 125 Å². The molecule has 1 fully saturated rings. The molecule has 1 aromatic carbocycles. The van der Waals surface area contributed by atoms with Gasteiger partial charge in [-0.3, -0.25) is 14.9 Å². The van der Waals surface area contributed by atoms with E-state index in [1.807, 2.05) is 0 Å². The Labute approximate surface area is 120 Å². The van der Waals surface area contributed by atoms with Crippen LogP contribution in [0.25, 0.3) is 0 Å². The maximum atomic E-state index is 11.3. The van der Waals surface area contributed by atoms with Crippen molar-refractivity contribution in [2.24, 2.45) is 11.7 Å². The van der Waals surface area contributed by atoms with Crippen LogP contribution in [0.3, 0.4) is 0 Å². The lowest BCUT2D eigenvalue weighted by atomic mass is 9.96. The lowest BCUT2D eigenvalue weighted by Crippen LogP contribution is -2.54. The number of nitro benzene ring substituents is 1. The molecule has 1 unspecified atom stereocenters. The number of carboxylic acid groups (broad SMARTS) is 1. The fourth-order valence-corrected chi connectivity index (χ4v) is 2.04. The van der Waals surface area contributed by atoms with Gasteiger partial charge in [0.15, 0.2) is 17.0 Å². The fraction of sp³-hybridized carbons (Fsp3) is 0.462. The molecule has 0 heterocycles. The van der Waals surface area contributed by atoms with Crippen molar-refractivity contribution in [3.05, 3.63) is 28.3 Å². The zero-order valence-electron chi connectivity index (χ0n) is 11.4. The Morgan fingerprint density at radius 3 is 2.67 bits per heavy atom. The first kappa shape index (κ1) is 15.0. The molecule has 2 rings (SSSR count). The number of carboxylic acids is 1. The molecule has 0 saturated heterocycles. The maximum absolute atomic E-state index is 11.3. The minimum absolute atomic E-state index is 0.112. The second-order valence-corrected chi connectivity index (χ2v) is 5.00. The van der Waals surface area contributed by atoms with Crippen LogP contribution in [0.15, 0.2) is 18.2 Å². The molecule has 21 heavy (non-hydrogen) atoms. The van der Waals surface area contributed by atoms with Crippen LogP contribution in [0.2, 0.25) is 0 Å². The number of ether oxygens (including phenoxy) is 2. The first-order chi connectivity index (χ1) is 9.88. The standard InChI is InChI=1S/C13H16N2O6/c1-20-11-6-9(15(18)19)4-5-10(11)21-7-13(14,12(16)17)8-2-3-8/h4-6,8H,2-3,7,14H2,1H3,(H,16,17). The average molecular weight is 296 g/mol. The molecule has 3 N–H and O–H groups in total. The molecule has 1 aliphatic carbocycles. The van der Waals surface area contributed by atoms with Crippen molar-refractivity contribution in [1.82, 2.24) is 0 Å². The Kier molecular flexibility index (Phi) is 3.99. The summed E-state index contributed by atoms with van der Waals surface area (Å²) in [5, 5.41) is 19.9. The summed E-state index contributed by atoms with van der Waals surface area (Å²) < 4.78 is 10.5. The zero-order chi connectivity index (χ0) is 15.6. The van der Waals surface area contributed by atoms with Crippen LogP contribution >= 0.6 is 0 Å². The Balaban J connectivity index is 2.15.